The summed E-state index contributed by atoms with van der Waals surface area (Å²) in [5, 5.41) is 12.0. The number of halogens is 1. The minimum Gasteiger partial charge on any atom is -0.480 e. The predicted molar refractivity (Wildman–Crippen MR) is 163 cm³/mol. The van der Waals surface area contributed by atoms with E-state index in [-0.39, 0.29) is 71.0 Å². The van der Waals surface area contributed by atoms with E-state index in [4.69, 9.17) is 31.5 Å². The fourth-order valence-electron chi connectivity index (χ4n) is 5.12. The van der Waals surface area contributed by atoms with E-state index in [0.29, 0.717) is 25.2 Å². The Bertz CT molecular complexity index is 1340. The molecule has 0 unspecified atom stereocenters. The molecule has 0 bridgehead atoms. The zero-order valence-electron chi connectivity index (χ0n) is 24.7. The fraction of sp³-hybridized carbons (Fsp3) is 0.483. The number of methoxy groups -OCH3 is 2. The van der Waals surface area contributed by atoms with Crippen LogP contribution in [0.3, 0.4) is 0 Å². The lowest BCUT2D eigenvalue weighted by atomic mass is 10.0. The van der Waals surface area contributed by atoms with Crippen molar-refractivity contribution in [1.82, 2.24) is 25.8 Å². The molecule has 0 radical (unpaired) electrons. The second-order valence-corrected chi connectivity index (χ2v) is 11.0. The van der Waals surface area contributed by atoms with E-state index in [0.717, 1.165) is 25.9 Å². The van der Waals surface area contributed by atoms with Crippen LogP contribution in [-0.2, 0) is 19.1 Å². The molecule has 15 heteroatoms. The number of aromatic nitrogens is 1. The molecule has 3 heterocycles. The average molecular weight is 632 g/mol. The molecular formula is C29H38ClN7O7. The second kappa shape index (κ2) is 15.7. The highest BCUT2D eigenvalue weighted by molar-refractivity contribution is 6.33. The van der Waals surface area contributed by atoms with Crippen LogP contribution in [0.4, 0.5) is 11.5 Å². The highest BCUT2D eigenvalue weighted by Crippen LogP contribution is 2.25. The van der Waals surface area contributed by atoms with Gasteiger partial charge in [0.2, 0.25) is 11.8 Å². The number of amides is 3. The van der Waals surface area contributed by atoms with Gasteiger partial charge in [0.25, 0.3) is 11.8 Å². The van der Waals surface area contributed by atoms with Gasteiger partial charge in [-0.05, 0) is 62.7 Å². The van der Waals surface area contributed by atoms with Crippen LogP contribution in [0.1, 0.15) is 40.0 Å². The number of rotatable bonds is 11. The monoisotopic (exact) mass is 631 g/mol. The average Bonchev–Trinajstić information content (AvgIpc) is 3.02. The summed E-state index contributed by atoms with van der Waals surface area (Å²) >= 11 is 6.06. The van der Waals surface area contributed by atoms with Crippen LogP contribution in [0.2, 0.25) is 5.02 Å². The van der Waals surface area contributed by atoms with E-state index < -0.39 is 11.9 Å². The number of carbonyl (C=O) groups excluding carboxylic acids is 4. The Morgan fingerprint density at radius 3 is 2.48 bits per heavy atom. The van der Waals surface area contributed by atoms with E-state index in [1.165, 1.54) is 25.3 Å². The molecule has 4 rings (SSSR count). The van der Waals surface area contributed by atoms with Crippen LogP contribution in [0.15, 0.2) is 30.3 Å². The van der Waals surface area contributed by atoms with Gasteiger partial charge in [0.05, 0.1) is 36.4 Å². The number of nitrogens with zero attached hydrogens (tertiary/aromatic N) is 2. The lowest BCUT2D eigenvalue weighted by molar-refractivity contribution is -0.125. The Morgan fingerprint density at radius 2 is 1.80 bits per heavy atom. The van der Waals surface area contributed by atoms with E-state index in [1.807, 2.05) is 4.90 Å². The summed E-state index contributed by atoms with van der Waals surface area (Å²) in [5.74, 6) is -1.52. The quantitative estimate of drug-likeness (QED) is 0.221. The third kappa shape index (κ3) is 9.02. The van der Waals surface area contributed by atoms with Crippen molar-refractivity contribution in [3.8, 4) is 5.88 Å². The number of esters is 1. The van der Waals surface area contributed by atoms with Gasteiger partial charge in [-0.3, -0.25) is 19.3 Å². The second-order valence-electron chi connectivity index (χ2n) is 10.6. The van der Waals surface area contributed by atoms with Crippen molar-refractivity contribution in [2.75, 3.05) is 64.6 Å². The number of benzene rings is 1. The number of pyridine rings is 1. The molecule has 1 aromatic heterocycles. The highest BCUT2D eigenvalue weighted by Gasteiger charge is 2.32. The normalized spacial score (nSPS) is 19.1. The van der Waals surface area contributed by atoms with Gasteiger partial charge in [-0.15, -0.1) is 0 Å². The molecule has 2 aromatic rings. The Labute approximate surface area is 260 Å². The highest BCUT2D eigenvalue weighted by atomic mass is 35.5. The van der Waals surface area contributed by atoms with E-state index in [9.17, 15) is 19.2 Å². The summed E-state index contributed by atoms with van der Waals surface area (Å²) < 4.78 is 15.9. The van der Waals surface area contributed by atoms with Crippen molar-refractivity contribution in [3.63, 3.8) is 0 Å². The fourth-order valence-corrected chi connectivity index (χ4v) is 5.27. The van der Waals surface area contributed by atoms with Crippen molar-refractivity contribution >= 4 is 46.8 Å². The molecule has 3 amide bonds. The van der Waals surface area contributed by atoms with Gasteiger partial charge in [0.1, 0.15) is 11.4 Å². The molecule has 6 N–H and O–H groups in total. The van der Waals surface area contributed by atoms with Gasteiger partial charge in [-0.2, -0.15) is 4.98 Å². The Balaban J connectivity index is 1.22. The third-order valence-electron chi connectivity index (χ3n) is 7.48. The number of ether oxygens (including phenoxy) is 3. The number of hydrogen-bond acceptors (Lipinski definition) is 11. The summed E-state index contributed by atoms with van der Waals surface area (Å²) in [6.07, 6.45) is 1.83. The van der Waals surface area contributed by atoms with Gasteiger partial charge in [0, 0.05) is 31.9 Å². The van der Waals surface area contributed by atoms with Crippen LogP contribution >= 0.6 is 11.6 Å². The maximum Gasteiger partial charge on any atom is 0.338 e. The van der Waals surface area contributed by atoms with Gasteiger partial charge >= 0.3 is 5.97 Å². The van der Waals surface area contributed by atoms with Crippen LogP contribution in [0, 0.1) is 0 Å². The van der Waals surface area contributed by atoms with Gasteiger partial charge < -0.3 is 41.2 Å². The molecule has 2 aliphatic rings. The Kier molecular flexibility index (Phi) is 11.7. The maximum atomic E-state index is 13.0. The summed E-state index contributed by atoms with van der Waals surface area (Å²) in [4.78, 5) is 56.1. The first kappa shape index (κ1) is 32.9. The Morgan fingerprint density at radius 1 is 1.07 bits per heavy atom. The molecular weight excluding hydrogens is 594 g/mol. The molecule has 2 fully saturated rings. The van der Waals surface area contributed by atoms with Crippen molar-refractivity contribution < 1.29 is 33.4 Å². The topological polar surface area (TPSA) is 186 Å². The first-order valence-electron chi connectivity index (χ1n) is 14.3. The number of piperidine rings is 2. The van der Waals surface area contributed by atoms with Crippen LogP contribution in [0.5, 0.6) is 5.88 Å². The predicted octanol–water partition coefficient (Wildman–Crippen LogP) is 0.809. The van der Waals surface area contributed by atoms with Gasteiger partial charge in [0.15, 0.2) is 6.61 Å². The SMILES string of the molecule is COc1nc(N)c(Cl)cc1C(=O)N[C@H]1CCN(CC(=O)Nc2ccc(C(=O)OCC(=O)NC3CCNCC3)cc2)C[C@H]1OC. The molecule has 0 saturated carbocycles. The first-order chi connectivity index (χ1) is 21.2. The van der Waals surface area contributed by atoms with Crippen LogP contribution in [-0.4, -0.2) is 105 Å². The molecule has 0 aliphatic carbocycles. The molecule has 14 nitrogen and oxygen atoms in total. The van der Waals surface area contributed by atoms with Crippen molar-refractivity contribution in [2.45, 2.75) is 37.5 Å². The molecule has 1 aromatic carbocycles. The van der Waals surface area contributed by atoms with E-state index in [2.05, 4.69) is 26.3 Å². The number of nitrogens with one attached hydrogen (secondary N) is 4. The lowest BCUT2D eigenvalue weighted by Gasteiger charge is -2.37. The molecule has 238 valence electrons. The number of anilines is 2. The number of likely N-dealkylation sites (tertiary alicyclic amines) is 1. The molecule has 2 aliphatic heterocycles. The van der Waals surface area contributed by atoms with Gasteiger partial charge in [-0.25, -0.2) is 4.79 Å². The molecule has 44 heavy (non-hydrogen) atoms. The summed E-state index contributed by atoms with van der Waals surface area (Å²) in [5.41, 5.74) is 6.64. The number of hydrogen-bond donors (Lipinski definition) is 5. The third-order valence-corrected chi connectivity index (χ3v) is 7.78. The van der Waals surface area contributed by atoms with Crippen molar-refractivity contribution in [1.29, 1.82) is 0 Å². The lowest BCUT2D eigenvalue weighted by Crippen LogP contribution is -2.55. The largest absolute Gasteiger partial charge is 0.480 e. The molecule has 2 atom stereocenters. The number of carbonyl (C=O) groups is 4. The number of nitrogens with two attached hydrogens (primary N) is 1. The summed E-state index contributed by atoms with van der Waals surface area (Å²) in [6, 6.07) is 7.40. The zero-order valence-corrected chi connectivity index (χ0v) is 25.4. The Hall–Kier alpha value is -3.98. The summed E-state index contributed by atoms with van der Waals surface area (Å²) in [7, 11) is 2.93. The van der Waals surface area contributed by atoms with E-state index >= 15 is 0 Å². The minimum atomic E-state index is -0.627. The molecule has 0 spiro atoms. The maximum absolute atomic E-state index is 13.0. The zero-order chi connectivity index (χ0) is 31.6. The first-order valence-corrected chi connectivity index (χ1v) is 14.7. The van der Waals surface area contributed by atoms with Gasteiger partial charge in [-0.1, -0.05) is 11.6 Å². The number of nitrogen functional groups attached to an aromatic ring is 1. The van der Waals surface area contributed by atoms with E-state index in [1.54, 1.807) is 19.2 Å². The minimum absolute atomic E-state index is 0.0592. The standard InChI is InChI=1S/C29H38ClN7O7/c1-42-23-14-37(12-9-22(23)35-27(40)20-13-21(30)26(31)36-28(20)43-2)15-24(38)33-18-5-3-17(4-6-18)29(41)44-16-25(39)34-19-7-10-32-11-8-19/h3-6,13,19,22-23,32H,7-12,14-16H2,1-2H3,(H2,31,36)(H,33,38)(H,34,39)(H,35,40)/t22-,23+/m0/s1. The molecule has 2 saturated heterocycles. The smallest absolute Gasteiger partial charge is 0.338 e. The summed E-state index contributed by atoms with van der Waals surface area (Å²) in [6.45, 7) is 2.37. The van der Waals surface area contributed by atoms with Crippen LogP contribution in [0.25, 0.3) is 0 Å². The van der Waals surface area contributed by atoms with Crippen molar-refractivity contribution in [3.05, 3.63) is 46.5 Å². The van der Waals surface area contributed by atoms with Crippen LogP contribution < -0.4 is 31.7 Å². The van der Waals surface area contributed by atoms with Crippen molar-refractivity contribution in [2.24, 2.45) is 0 Å².